The number of hydrogen-bond donors (Lipinski definition) is 1. The van der Waals surface area contributed by atoms with Crippen LogP contribution in [0.25, 0.3) is 0 Å². The number of amides is 3. The first-order chi connectivity index (χ1) is 12.6. The third-order valence-electron chi connectivity index (χ3n) is 4.82. The zero-order valence-corrected chi connectivity index (χ0v) is 15.2. The predicted molar refractivity (Wildman–Crippen MR) is 99.6 cm³/mol. The van der Waals surface area contributed by atoms with E-state index in [0.717, 1.165) is 16.7 Å². The van der Waals surface area contributed by atoms with Crippen molar-refractivity contribution in [3.8, 4) is 0 Å². The fourth-order valence-corrected chi connectivity index (χ4v) is 3.25. The van der Waals surface area contributed by atoms with Crippen LogP contribution in [0.4, 0.5) is 4.79 Å². The van der Waals surface area contributed by atoms with Crippen LogP contribution in [-0.4, -0.2) is 52.9 Å². The zero-order chi connectivity index (χ0) is 18.5. The number of urea groups is 1. The molecule has 0 saturated carbocycles. The van der Waals surface area contributed by atoms with E-state index in [1.54, 1.807) is 29.1 Å². The summed E-state index contributed by atoms with van der Waals surface area (Å²) in [5, 5.41) is 3.16. The van der Waals surface area contributed by atoms with Crippen molar-refractivity contribution in [2.45, 2.75) is 19.9 Å². The molecule has 26 heavy (non-hydrogen) atoms. The van der Waals surface area contributed by atoms with Crippen LogP contribution in [0, 0.1) is 6.92 Å². The van der Waals surface area contributed by atoms with Crippen LogP contribution in [0.15, 0.2) is 48.8 Å². The Hall–Kier alpha value is -2.89. The second kappa shape index (κ2) is 7.99. The van der Waals surface area contributed by atoms with Gasteiger partial charge in [0.1, 0.15) is 0 Å². The van der Waals surface area contributed by atoms with Crippen molar-refractivity contribution >= 4 is 11.9 Å². The highest BCUT2D eigenvalue weighted by Gasteiger charge is 2.25. The molecule has 0 bridgehead atoms. The molecule has 1 aliphatic heterocycles. The van der Waals surface area contributed by atoms with Gasteiger partial charge in [-0.3, -0.25) is 9.78 Å². The Morgan fingerprint density at radius 2 is 1.62 bits per heavy atom. The topological polar surface area (TPSA) is 65.5 Å². The van der Waals surface area contributed by atoms with Crippen molar-refractivity contribution in [3.63, 3.8) is 0 Å². The summed E-state index contributed by atoms with van der Waals surface area (Å²) in [5.74, 6) is 0.0552. The van der Waals surface area contributed by atoms with E-state index in [9.17, 15) is 9.59 Å². The maximum Gasteiger partial charge on any atom is 0.318 e. The molecular weight excluding hydrogens is 328 g/mol. The summed E-state index contributed by atoms with van der Waals surface area (Å²) < 4.78 is 0. The van der Waals surface area contributed by atoms with Crippen LogP contribution in [0.1, 0.15) is 29.7 Å². The lowest BCUT2D eigenvalue weighted by Gasteiger charge is -2.35. The molecule has 0 unspecified atom stereocenters. The Morgan fingerprint density at radius 1 is 1.00 bits per heavy atom. The maximum atomic E-state index is 12.8. The molecule has 2 heterocycles. The largest absolute Gasteiger partial charge is 0.339 e. The predicted octanol–water partition coefficient (Wildman–Crippen LogP) is 2.35. The van der Waals surface area contributed by atoms with Crippen molar-refractivity contribution in [1.82, 2.24) is 20.1 Å². The smallest absolute Gasteiger partial charge is 0.318 e. The van der Waals surface area contributed by atoms with Gasteiger partial charge in [-0.05, 0) is 35.7 Å². The summed E-state index contributed by atoms with van der Waals surface area (Å²) in [5.41, 5.74) is 3.18. The normalized spacial score (nSPS) is 15.5. The van der Waals surface area contributed by atoms with E-state index in [1.807, 2.05) is 43.3 Å². The number of carbonyl (C=O) groups is 2. The van der Waals surface area contributed by atoms with E-state index in [2.05, 4.69) is 10.3 Å². The molecule has 1 aromatic carbocycles. The molecule has 1 fully saturated rings. The van der Waals surface area contributed by atoms with Crippen LogP contribution < -0.4 is 5.32 Å². The zero-order valence-electron chi connectivity index (χ0n) is 15.2. The fourth-order valence-electron chi connectivity index (χ4n) is 3.25. The van der Waals surface area contributed by atoms with Gasteiger partial charge in [-0.15, -0.1) is 0 Å². The fraction of sp³-hybridized carbons (Fsp3) is 0.350. The van der Waals surface area contributed by atoms with Crippen molar-refractivity contribution in [2.75, 3.05) is 26.2 Å². The average molecular weight is 352 g/mol. The SMILES string of the molecule is CC(=O)N1CCN(C(=O)N[C@H](c2ccncc2)c2ccccc2C)CC1. The molecule has 1 N–H and O–H groups in total. The van der Waals surface area contributed by atoms with E-state index in [4.69, 9.17) is 0 Å². The van der Waals surface area contributed by atoms with Crippen molar-refractivity contribution in [3.05, 3.63) is 65.5 Å². The van der Waals surface area contributed by atoms with E-state index >= 15 is 0 Å². The lowest BCUT2D eigenvalue weighted by atomic mass is 9.96. The molecule has 6 heteroatoms. The quantitative estimate of drug-likeness (QED) is 0.922. The lowest BCUT2D eigenvalue weighted by molar-refractivity contribution is -0.130. The van der Waals surface area contributed by atoms with Crippen molar-refractivity contribution in [1.29, 1.82) is 0 Å². The van der Waals surface area contributed by atoms with Gasteiger partial charge in [-0.1, -0.05) is 24.3 Å². The summed E-state index contributed by atoms with van der Waals surface area (Å²) in [6.07, 6.45) is 3.47. The highest BCUT2D eigenvalue weighted by Crippen LogP contribution is 2.24. The van der Waals surface area contributed by atoms with Crippen LogP contribution in [-0.2, 0) is 4.79 Å². The second-order valence-electron chi connectivity index (χ2n) is 6.51. The van der Waals surface area contributed by atoms with Gasteiger partial charge < -0.3 is 15.1 Å². The molecule has 1 aliphatic rings. The Morgan fingerprint density at radius 3 is 2.23 bits per heavy atom. The highest BCUT2D eigenvalue weighted by atomic mass is 16.2. The third-order valence-corrected chi connectivity index (χ3v) is 4.82. The van der Waals surface area contributed by atoms with Gasteiger partial charge in [0.25, 0.3) is 0 Å². The molecule has 1 saturated heterocycles. The first-order valence-electron chi connectivity index (χ1n) is 8.82. The number of piperazine rings is 1. The van der Waals surface area contributed by atoms with Crippen molar-refractivity contribution in [2.24, 2.45) is 0 Å². The van der Waals surface area contributed by atoms with Gasteiger partial charge in [0.05, 0.1) is 6.04 Å². The first kappa shape index (κ1) is 17.9. The number of benzene rings is 1. The molecule has 2 aromatic rings. The Balaban J connectivity index is 1.78. The standard InChI is InChI=1S/C20H24N4O2/c1-15-5-3-4-6-18(15)19(17-7-9-21-10-8-17)22-20(26)24-13-11-23(12-14-24)16(2)25/h3-10,19H,11-14H2,1-2H3,(H,22,26)/t19-/m1/s1. The molecular formula is C20H24N4O2. The number of aromatic nitrogens is 1. The van der Waals surface area contributed by atoms with Gasteiger partial charge in [-0.2, -0.15) is 0 Å². The van der Waals surface area contributed by atoms with E-state index in [1.165, 1.54) is 0 Å². The van der Waals surface area contributed by atoms with Gasteiger partial charge >= 0.3 is 6.03 Å². The van der Waals surface area contributed by atoms with Crippen LogP contribution in [0.3, 0.4) is 0 Å². The minimum Gasteiger partial charge on any atom is -0.339 e. The molecule has 0 aliphatic carbocycles. The lowest BCUT2D eigenvalue weighted by Crippen LogP contribution is -2.53. The molecule has 0 radical (unpaired) electrons. The molecule has 1 atom stereocenters. The van der Waals surface area contributed by atoms with Gasteiger partial charge in [0.2, 0.25) is 5.91 Å². The highest BCUT2D eigenvalue weighted by molar-refractivity contribution is 5.77. The summed E-state index contributed by atoms with van der Waals surface area (Å²) in [6.45, 7) is 5.85. The molecule has 3 amide bonds. The molecule has 3 rings (SSSR count). The van der Waals surface area contributed by atoms with E-state index in [0.29, 0.717) is 26.2 Å². The van der Waals surface area contributed by atoms with Gasteiger partial charge in [0, 0.05) is 45.5 Å². The Kier molecular flexibility index (Phi) is 5.51. The first-order valence-corrected chi connectivity index (χ1v) is 8.82. The van der Waals surface area contributed by atoms with E-state index in [-0.39, 0.29) is 18.0 Å². The number of pyridine rings is 1. The number of carbonyl (C=O) groups excluding carboxylic acids is 2. The van der Waals surface area contributed by atoms with E-state index < -0.39 is 0 Å². The Bertz CT molecular complexity index is 770. The van der Waals surface area contributed by atoms with Gasteiger partial charge in [0.15, 0.2) is 0 Å². The summed E-state index contributed by atoms with van der Waals surface area (Å²) >= 11 is 0. The monoisotopic (exact) mass is 352 g/mol. The molecule has 0 spiro atoms. The number of hydrogen-bond acceptors (Lipinski definition) is 3. The third kappa shape index (κ3) is 4.02. The number of nitrogens with zero attached hydrogens (tertiary/aromatic N) is 3. The van der Waals surface area contributed by atoms with Crippen LogP contribution >= 0.6 is 0 Å². The molecule has 136 valence electrons. The summed E-state index contributed by atoms with van der Waals surface area (Å²) in [7, 11) is 0. The second-order valence-corrected chi connectivity index (χ2v) is 6.51. The summed E-state index contributed by atoms with van der Waals surface area (Å²) in [6, 6.07) is 11.5. The Labute approximate surface area is 153 Å². The maximum absolute atomic E-state index is 12.8. The molecule has 1 aromatic heterocycles. The van der Waals surface area contributed by atoms with Crippen LogP contribution in [0.5, 0.6) is 0 Å². The van der Waals surface area contributed by atoms with Gasteiger partial charge in [-0.25, -0.2) is 4.79 Å². The number of rotatable bonds is 3. The van der Waals surface area contributed by atoms with Crippen molar-refractivity contribution < 1.29 is 9.59 Å². The minimum absolute atomic E-state index is 0.0552. The molecule has 6 nitrogen and oxygen atoms in total. The van der Waals surface area contributed by atoms with Crippen LogP contribution in [0.2, 0.25) is 0 Å². The average Bonchev–Trinajstić information content (AvgIpc) is 2.67. The number of nitrogens with one attached hydrogen (secondary N) is 1. The minimum atomic E-state index is -0.238. The number of aryl methyl sites for hydroxylation is 1. The summed E-state index contributed by atoms with van der Waals surface area (Å²) in [4.78, 5) is 31.9.